The highest BCUT2D eigenvalue weighted by atomic mass is 15.1. The number of hydrogen-bond acceptors (Lipinski definition) is 1. The third-order valence-electron chi connectivity index (χ3n) is 11.1. The number of rotatable bonds is 5. The molecule has 0 saturated carbocycles. The lowest BCUT2D eigenvalue weighted by Gasteiger charge is -2.28. The molecule has 0 amide bonds. The van der Waals surface area contributed by atoms with E-state index in [0.717, 1.165) is 22.7 Å². The molecule has 0 N–H and O–H groups in total. The fourth-order valence-corrected chi connectivity index (χ4v) is 8.68. The van der Waals surface area contributed by atoms with Crippen molar-refractivity contribution in [2.75, 3.05) is 4.90 Å². The number of para-hydroxylation sites is 2. The van der Waals surface area contributed by atoms with Gasteiger partial charge in [-0.05, 0) is 103 Å². The Bertz CT molecular complexity index is 3210. The molecule has 0 aliphatic rings. The van der Waals surface area contributed by atoms with Gasteiger partial charge in [-0.2, -0.15) is 0 Å². The van der Waals surface area contributed by atoms with Crippen molar-refractivity contribution in [3.63, 3.8) is 0 Å². The number of fused-ring (bicyclic) bond motifs is 9. The predicted octanol–water partition coefficient (Wildman–Crippen LogP) is 14.5. The van der Waals surface area contributed by atoms with Crippen LogP contribution in [-0.4, -0.2) is 4.57 Å². The molecule has 0 radical (unpaired) electrons. The van der Waals surface area contributed by atoms with E-state index in [-0.39, 0.29) is 0 Å². The molecular formula is C52H34N2. The van der Waals surface area contributed by atoms with Crippen molar-refractivity contribution in [2.24, 2.45) is 0 Å². The van der Waals surface area contributed by atoms with Crippen LogP contribution in [0.4, 0.5) is 17.1 Å². The first kappa shape index (κ1) is 30.5. The molecule has 2 nitrogen and oxygen atoms in total. The Labute approximate surface area is 313 Å². The van der Waals surface area contributed by atoms with Crippen molar-refractivity contribution in [1.29, 1.82) is 0 Å². The van der Waals surface area contributed by atoms with Gasteiger partial charge in [-0.1, -0.05) is 152 Å². The summed E-state index contributed by atoms with van der Waals surface area (Å²) in [5.74, 6) is 0. The molecule has 0 atom stereocenters. The molecule has 0 spiro atoms. The van der Waals surface area contributed by atoms with E-state index in [2.05, 4.69) is 216 Å². The number of nitrogens with zero attached hydrogens (tertiary/aromatic N) is 2. The molecule has 54 heavy (non-hydrogen) atoms. The molecular weight excluding hydrogens is 653 g/mol. The van der Waals surface area contributed by atoms with E-state index in [0.29, 0.717) is 0 Å². The quantitative estimate of drug-likeness (QED) is 0.164. The number of anilines is 3. The van der Waals surface area contributed by atoms with Crippen LogP contribution in [0.15, 0.2) is 206 Å². The largest absolute Gasteiger partial charge is 0.310 e. The molecule has 1 heterocycles. The van der Waals surface area contributed by atoms with Gasteiger partial charge in [-0.3, -0.25) is 0 Å². The molecule has 252 valence electrons. The normalized spacial score (nSPS) is 11.7. The highest BCUT2D eigenvalue weighted by molar-refractivity contribution is 6.17. The summed E-state index contributed by atoms with van der Waals surface area (Å²) in [6, 6.07) is 75.3. The first-order chi connectivity index (χ1) is 26.8. The highest BCUT2D eigenvalue weighted by Crippen LogP contribution is 2.45. The van der Waals surface area contributed by atoms with Gasteiger partial charge in [-0.25, -0.2) is 0 Å². The minimum atomic E-state index is 1.11. The van der Waals surface area contributed by atoms with E-state index in [1.807, 2.05) is 0 Å². The Morgan fingerprint density at radius 2 is 0.907 bits per heavy atom. The van der Waals surface area contributed by atoms with E-state index < -0.39 is 0 Å². The van der Waals surface area contributed by atoms with Gasteiger partial charge < -0.3 is 9.47 Å². The highest BCUT2D eigenvalue weighted by Gasteiger charge is 2.20. The topological polar surface area (TPSA) is 8.17 Å². The molecule has 0 aliphatic heterocycles. The number of aromatic nitrogens is 1. The van der Waals surface area contributed by atoms with Crippen LogP contribution in [0, 0.1) is 0 Å². The maximum atomic E-state index is 2.45. The van der Waals surface area contributed by atoms with E-state index in [1.54, 1.807) is 0 Å². The molecule has 11 rings (SSSR count). The molecule has 1 aromatic heterocycles. The van der Waals surface area contributed by atoms with Gasteiger partial charge in [0.15, 0.2) is 0 Å². The zero-order valence-corrected chi connectivity index (χ0v) is 29.5. The molecule has 11 aromatic rings. The lowest BCUT2D eigenvalue weighted by Crippen LogP contribution is -2.10. The van der Waals surface area contributed by atoms with E-state index >= 15 is 0 Å². The van der Waals surface area contributed by atoms with Crippen LogP contribution in [0.3, 0.4) is 0 Å². The van der Waals surface area contributed by atoms with Crippen LogP contribution in [0.2, 0.25) is 0 Å². The molecule has 0 fully saturated rings. The lowest BCUT2D eigenvalue weighted by atomic mass is 9.97. The Kier molecular flexibility index (Phi) is 6.90. The summed E-state index contributed by atoms with van der Waals surface area (Å²) in [6.45, 7) is 0. The summed E-state index contributed by atoms with van der Waals surface area (Å²) in [6.07, 6.45) is 0. The zero-order chi connectivity index (χ0) is 35.6. The molecule has 0 bridgehead atoms. The molecule has 0 aliphatic carbocycles. The molecule has 0 saturated heterocycles. The molecule has 2 heteroatoms. The third kappa shape index (κ3) is 4.74. The maximum absolute atomic E-state index is 2.45. The van der Waals surface area contributed by atoms with Crippen LogP contribution in [0.5, 0.6) is 0 Å². The average Bonchev–Trinajstić information content (AvgIpc) is 3.59. The van der Waals surface area contributed by atoms with Crippen LogP contribution in [0.1, 0.15) is 0 Å². The minimum absolute atomic E-state index is 1.11. The summed E-state index contributed by atoms with van der Waals surface area (Å²) >= 11 is 0. The van der Waals surface area contributed by atoms with Crippen LogP contribution >= 0.6 is 0 Å². The number of hydrogen-bond donors (Lipinski definition) is 0. The maximum Gasteiger partial charge on any atom is 0.0547 e. The van der Waals surface area contributed by atoms with Gasteiger partial charge in [0.1, 0.15) is 0 Å². The van der Waals surface area contributed by atoms with Crippen LogP contribution in [-0.2, 0) is 0 Å². The SMILES string of the molecule is c1ccc(-n2c3ccccc3c3c(-c4ccc(N(c5ccc6ccc7ccccc7c6c5)c5cc6ccccc6c6ccccc56)cc4)cccc32)cc1. The summed E-state index contributed by atoms with van der Waals surface area (Å²) in [5.41, 5.74) is 9.38. The van der Waals surface area contributed by atoms with E-state index in [9.17, 15) is 0 Å². The Morgan fingerprint density at radius 3 is 1.70 bits per heavy atom. The summed E-state index contributed by atoms with van der Waals surface area (Å²) in [5, 5.41) is 12.5. The van der Waals surface area contributed by atoms with Crippen molar-refractivity contribution in [1.82, 2.24) is 4.57 Å². The van der Waals surface area contributed by atoms with Crippen LogP contribution in [0.25, 0.3) is 81.7 Å². The van der Waals surface area contributed by atoms with Crippen molar-refractivity contribution in [2.45, 2.75) is 0 Å². The fraction of sp³-hybridized carbons (Fsp3) is 0. The second-order valence-corrected chi connectivity index (χ2v) is 14.1. The van der Waals surface area contributed by atoms with Gasteiger partial charge in [0, 0.05) is 33.2 Å². The first-order valence-electron chi connectivity index (χ1n) is 18.6. The van der Waals surface area contributed by atoms with Crippen molar-refractivity contribution in [3.05, 3.63) is 206 Å². The summed E-state index contributed by atoms with van der Waals surface area (Å²) in [7, 11) is 0. The van der Waals surface area contributed by atoms with Gasteiger partial charge in [0.2, 0.25) is 0 Å². The Morgan fingerprint density at radius 1 is 0.333 bits per heavy atom. The second-order valence-electron chi connectivity index (χ2n) is 14.1. The van der Waals surface area contributed by atoms with Gasteiger partial charge in [0.05, 0.1) is 16.7 Å². The van der Waals surface area contributed by atoms with Gasteiger partial charge in [-0.15, -0.1) is 0 Å². The summed E-state index contributed by atoms with van der Waals surface area (Å²) < 4.78 is 2.39. The van der Waals surface area contributed by atoms with Gasteiger partial charge >= 0.3 is 0 Å². The number of benzene rings is 10. The second kappa shape index (κ2) is 12.2. The first-order valence-corrected chi connectivity index (χ1v) is 18.6. The Hall–Kier alpha value is -7.16. The van der Waals surface area contributed by atoms with Crippen molar-refractivity contribution in [3.8, 4) is 16.8 Å². The smallest absolute Gasteiger partial charge is 0.0547 e. The molecule has 10 aromatic carbocycles. The fourth-order valence-electron chi connectivity index (χ4n) is 8.68. The van der Waals surface area contributed by atoms with Crippen LogP contribution < -0.4 is 4.90 Å². The third-order valence-corrected chi connectivity index (χ3v) is 11.1. The lowest BCUT2D eigenvalue weighted by molar-refractivity contribution is 1.18. The minimum Gasteiger partial charge on any atom is -0.310 e. The van der Waals surface area contributed by atoms with Crippen molar-refractivity contribution >= 4 is 82.0 Å². The standard InChI is InChI=1S/C52H34N2/c1-2-15-39(16-3-1)54-49-23-11-10-21-47(49)52-44(22-12-24-50(52)54)36-27-30-40(31-28-36)53(41-32-29-37-26-25-35-13-4-6-17-42(35)48(37)34-41)51-33-38-14-5-7-18-43(38)45-19-8-9-20-46(45)51/h1-34H. The Balaban J connectivity index is 1.13. The molecule has 0 unspecified atom stereocenters. The monoisotopic (exact) mass is 686 g/mol. The van der Waals surface area contributed by atoms with E-state index in [4.69, 9.17) is 0 Å². The summed E-state index contributed by atoms with van der Waals surface area (Å²) in [4.78, 5) is 2.45. The van der Waals surface area contributed by atoms with Gasteiger partial charge in [0.25, 0.3) is 0 Å². The van der Waals surface area contributed by atoms with Crippen molar-refractivity contribution < 1.29 is 0 Å². The predicted molar refractivity (Wildman–Crippen MR) is 231 cm³/mol. The zero-order valence-electron chi connectivity index (χ0n) is 29.5. The van der Waals surface area contributed by atoms with E-state index in [1.165, 1.54) is 76.0 Å². The average molecular weight is 687 g/mol.